The molecule has 0 spiro atoms. The van der Waals surface area contributed by atoms with Crippen molar-refractivity contribution in [1.82, 2.24) is 4.98 Å². The van der Waals surface area contributed by atoms with Crippen LogP contribution in [0.15, 0.2) is 48.5 Å². The summed E-state index contributed by atoms with van der Waals surface area (Å²) in [5.74, 6) is 0.841. The molecule has 0 unspecified atom stereocenters. The van der Waals surface area contributed by atoms with Gasteiger partial charge in [0, 0.05) is 17.7 Å². The van der Waals surface area contributed by atoms with Gasteiger partial charge in [-0.3, -0.25) is 4.79 Å². The van der Waals surface area contributed by atoms with Crippen molar-refractivity contribution in [3.63, 3.8) is 0 Å². The fourth-order valence-electron chi connectivity index (χ4n) is 4.18. The molecule has 1 atom stereocenters. The average molecular weight is 419 g/mol. The number of carbonyl (C=O) groups is 2. The van der Waals surface area contributed by atoms with Crippen LogP contribution in [0.2, 0.25) is 0 Å². The molecule has 160 valence electrons. The minimum atomic E-state index is -0.453. The summed E-state index contributed by atoms with van der Waals surface area (Å²) in [7, 11) is 3.18. The second kappa shape index (κ2) is 8.68. The Balaban J connectivity index is 1.56. The van der Waals surface area contributed by atoms with Crippen molar-refractivity contribution in [3.05, 3.63) is 82.2 Å². The molecule has 31 heavy (non-hydrogen) atoms. The number of methoxy groups -OCH3 is 2. The number of ether oxygens (including phenoxy) is 3. The molecule has 6 heteroatoms. The molecule has 1 aliphatic carbocycles. The first kappa shape index (κ1) is 20.7. The number of ketones is 1. The third-order valence-electron chi connectivity index (χ3n) is 5.78. The van der Waals surface area contributed by atoms with Gasteiger partial charge in [0.2, 0.25) is 0 Å². The zero-order chi connectivity index (χ0) is 22.0. The summed E-state index contributed by atoms with van der Waals surface area (Å²) < 4.78 is 16.2. The minimum Gasteiger partial charge on any atom is -0.493 e. The molecule has 2 aromatic carbocycles. The summed E-state index contributed by atoms with van der Waals surface area (Å²) in [6, 6.07) is 15.2. The molecular formula is C25H25NO5. The van der Waals surface area contributed by atoms with Crippen LogP contribution >= 0.6 is 0 Å². The van der Waals surface area contributed by atoms with Crippen molar-refractivity contribution >= 4 is 11.8 Å². The molecule has 3 aromatic rings. The Labute approximate surface area is 181 Å². The number of fused-ring (bicyclic) bond motifs is 1. The van der Waals surface area contributed by atoms with Gasteiger partial charge < -0.3 is 19.2 Å². The highest BCUT2D eigenvalue weighted by Gasteiger charge is 2.32. The fraction of sp³-hybridized carbons (Fsp3) is 0.280. The molecule has 1 aromatic heterocycles. The lowest BCUT2D eigenvalue weighted by molar-refractivity contribution is 0.0465. The van der Waals surface area contributed by atoms with Crippen molar-refractivity contribution < 1.29 is 23.8 Å². The summed E-state index contributed by atoms with van der Waals surface area (Å²) in [6.07, 6.45) is 1.00. The lowest BCUT2D eigenvalue weighted by Crippen LogP contribution is -2.18. The van der Waals surface area contributed by atoms with E-state index in [-0.39, 0.29) is 18.3 Å². The quantitative estimate of drug-likeness (QED) is 0.591. The van der Waals surface area contributed by atoms with E-state index >= 15 is 0 Å². The molecule has 0 bridgehead atoms. The number of hydrogen-bond acceptors (Lipinski definition) is 5. The maximum Gasteiger partial charge on any atom is 0.355 e. The van der Waals surface area contributed by atoms with Gasteiger partial charge in [-0.1, -0.05) is 36.4 Å². The van der Waals surface area contributed by atoms with Crippen molar-refractivity contribution in [2.75, 3.05) is 14.2 Å². The molecule has 0 aliphatic heterocycles. The number of Topliss-reactive ketones (excluding diaryl/α,β-unsaturated/α-hetero) is 1. The molecule has 0 saturated heterocycles. The zero-order valence-corrected chi connectivity index (χ0v) is 17.9. The van der Waals surface area contributed by atoms with Crippen molar-refractivity contribution in [2.24, 2.45) is 0 Å². The molecule has 0 radical (unpaired) electrons. The summed E-state index contributed by atoms with van der Waals surface area (Å²) in [6.45, 7) is 1.98. The van der Waals surface area contributed by atoms with Gasteiger partial charge in [0.15, 0.2) is 17.3 Å². The predicted molar refractivity (Wildman–Crippen MR) is 116 cm³/mol. The van der Waals surface area contributed by atoms with Gasteiger partial charge in [-0.05, 0) is 48.1 Å². The van der Waals surface area contributed by atoms with Crippen LogP contribution < -0.4 is 9.47 Å². The number of rotatable bonds is 6. The lowest BCUT2D eigenvalue weighted by atomic mass is 9.81. The van der Waals surface area contributed by atoms with Crippen LogP contribution in [0, 0.1) is 6.92 Å². The number of benzene rings is 2. The molecule has 4 rings (SSSR count). The van der Waals surface area contributed by atoms with Crippen LogP contribution in [0.25, 0.3) is 0 Å². The van der Waals surface area contributed by atoms with Gasteiger partial charge in [-0.15, -0.1) is 0 Å². The topological polar surface area (TPSA) is 77.6 Å². The summed E-state index contributed by atoms with van der Waals surface area (Å²) in [5.41, 5.74) is 4.31. The Bertz CT molecular complexity index is 1120. The first-order valence-electron chi connectivity index (χ1n) is 10.2. The molecule has 1 aliphatic rings. The Morgan fingerprint density at radius 1 is 1.03 bits per heavy atom. The molecule has 1 heterocycles. The molecule has 1 N–H and O–H groups in total. The van der Waals surface area contributed by atoms with E-state index in [4.69, 9.17) is 14.2 Å². The maximum absolute atomic E-state index is 13.0. The normalized spacial score (nSPS) is 15.3. The third kappa shape index (κ3) is 4.06. The van der Waals surface area contributed by atoms with E-state index < -0.39 is 5.97 Å². The van der Waals surface area contributed by atoms with Crippen LogP contribution in [0.5, 0.6) is 11.5 Å². The number of H-pyrrole nitrogens is 1. The van der Waals surface area contributed by atoms with Crippen molar-refractivity contribution in [1.29, 1.82) is 0 Å². The second-order valence-corrected chi connectivity index (χ2v) is 7.68. The lowest BCUT2D eigenvalue weighted by Gasteiger charge is -2.23. The number of aromatic amines is 1. The number of nitrogens with one attached hydrogen (secondary N) is 1. The van der Waals surface area contributed by atoms with Crippen LogP contribution in [0.1, 0.15) is 55.6 Å². The van der Waals surface area contributed by atoms with E-state index in [9.17, 15) is 9.59 Å². The minimum absolute atomic E-state index is 0.00829. The molecule has 0 fully saturated rings. The van der Waals surface area contributed by atoms with E-state index in [1.807, 2.05) is 48.5 Å². The van der Waals surface area contributed by atoms with Gasteiger partial charge in [0.1, 0.15) is 12.3 Å². The van der Waals surface area contributed by atoms with Crippen LogP contribution in [-0.2, 0) is 17.8 Å². The zero-order valence-electron chi connectivity index (χ0n) is 17.9. The van der Waals surface area contributed by atoms with Crippen molar-refractivity contribution in [3.8, 4) is 11.5 Å². The molecular weight excluding hydrogens is 394 g/mol. The summed E-state index contributed by atoms with van der Waals surface area (Å²) in [4.78, 5) is 28.8. The summed E-state index contributed by atoms with van der Waals surface area (Å²) >= 11 is 0. The Kier molecular flexibility index (Phi) is 5.80. The monoisotopic (exact) mass is 419 g/mol. The average Bonchev–Trinajstić information content (AvgIpc) is 3.14. The Morgan fingerprint density at radius 2 is 1.77 bits per heavy atom. The highest BCUT2D eigenvalue weighted by molar-refractivity contribution is 6.03. The highest BCUT2D eigenvalue weighted by Crippen LogP contribution is 2.38. The van der Waals surface area contributed by atoms with E-state index in [0.717, 1.165) is 16.8 Å². The number of aromatic nitrogens is 1. The SMILES string of the molecule is COc1ccc([C@@H]2CC(=O)c3c([nH]c(C(=O)OCc4ccccc4)c3C)C2)cc1OC. The molecule has 6 nitrogen and oxygen atoms in total. The van der Waals surface area contributed by atoms with Crippen LogP contribution in [0.3, 0.4) is 0 Å². The molecule has 0 saturated carbocycles. The fourth-order valence-corrected chi connectivity index (χ4v) is 4.18. The van der Waals surface area contributed by atoms with Gasteiger partial charge in [0.05, 0.1) is 14.2 Å². The second-order valence-electron chi connectivity index (χ2n) is 7.68. The van der Waals surface area contributed by atoms with Gasteiger partial charge >= 0.3 is 5.97 Å². The van der Waals surface area contributed by atoms with E-state index in [0.29, 0.717) is 41.2 Å². The van der Waals surface area contributed by atoms with Crippen LogP contribution in [0.4, 0.5) is 0 Å². The largest absolute Gasteiger partial charge is 0.493 e. The first-order chi connectivity index (χ1) is 15.0. The van der Waals surface area contributed by atoms with E-state index in [2.05, 4.69) is 4.98 Å². The standard InChI is InChI=1S/C25H25NO5/c1-15-23-19(26-24(15)25(28)31-14-16-7-5-4-6-8-16)11-18(12-20(23)27)17-9-10-21(29-2)22(13-17)30-3/h4-10,13,18,26H,11-12,14H2,1-3H3/t18-/m0/s1. The van der Waals surface area contributed by atoms with E-state index in [1.54, 1.807) is 21.1 Å². The van der Waals surface area contributed by atoms with Crippen LogP contribution in [-0.4, -0.2) is 31.0 Å². The Morgan fingerprint density at radius 3 is 2.48 bits per heavy atom. The predicted octanol–water partition coefficient (Wildman–Crippen LogP) is 4.61. The van der Waals surface area contributed by atoms with Crippen molar-refractivity contribution in [2.45, 2.75) is 32.3 Å². The Hall–Kier alpha value is -3.54. The highest BCUT2D eigenvalue weighted by atomic mass is 16.5. The van der Waals surface area contributed by atoms with E-state index in [1.165, 1.54) is 0 Å². The summed E-state index contributed by atoms with van der Waals surface area (Å²) in [5, 5.41) is 0. The molecule has 0 amide bonds. The first-order valence-corrected chi connectivity index (χ1v) is 10.2. The van der Waals surface area contributed by atoms with Gasteiger partial charge in [-0.25, -0.2) is 4.79 Å². The smallest absolute Gasteiger partial charge is 0.355 e. The number of esters is 1. The maximum atomic E-state index is 13.0. The number of carbonyl (C=O) groups excluding carboxylic acids is 2. The number of hydrogen-bond donors (Lipinski definition) is 1. The van der Waals surface area contributed by atoms with Gasteiger partial charge in [-0.2, -0.15) is 0 Å². The van der Waals surface area contributed by atoms with Gasteiger partial charge in [0.25, 0.3) is 0 Å². The third-order valence-corrected chi connectivity index (χ3v) is 5.78.